The van der Waals surface area contributed by atoms with E-state index in [9.17, 15) is 0 Å². The molecule has 0 radical (unpaired) electrons. The topological polar surface area (TPSA) is 21.3 Å². The Hall–Kier alpha value is -0.0800. The van der Waals surface area contributed by atoms with Crippen LogP contribution in [0.5, 0.6) is 0 Å². The highest BCUT2D eigenvalue weighted by molar-refractivity contribution is 4.65. The zero-order valence-electron chi connectivity index (χ0n) is 12.6. The predicted octanol–water partition coefficient (Wildman–Crippen LogP) is 3.71. The third-order valence-corrected chi connectivity index (χ3v) is 3.00. The fourth-order valence-electron chi connectivity index (χ4n) is 2.23. The second kappa shape index (κ2) is 11.0. The van der Waals surface area contributed by atoms with Crippen molar-refractivity contribution < 1.29 is 4.74 Å². The van der Waals surface area contributed by atoms with Crippen molar-refractivity contribution in [3.63, 3.8) is 0 Å². The molecule has 0 bridgehead atoms. The van der Waals surface area contributed by atoms with Gasteiger partial charge >= 0.3 is 0 Å². The molecule has 0 aliphatic rings. The number of hydrogen-bond donors (Lipinski definition) is 1. The molecule has 0 rings (SSSR count). The van der Waals surface area contributed by atoms with Crippen molar-refractivity contribution in [1.29, 1.82) is 0 Å². The van der Waals surface area contributed by atoms with E-state index < -0.39 is 0 Å². The maximum Gasteiger partial charge on any atom is 0.0462 e. The van der Waals surface area contributed by atoms with Crippen molar-refractivity contribution >= 4 is 0 Å². The molecule has 0 saturated heterocycles. The summed E-state index contributed by atoms with van der Waals surface area (Å²) in [6.07, 6.45) is 5.19. The highest BCUT2D eigenvalue weighted by atomic mass is 16.5. The third kappa shape index (κ3) is 12.2. The summed E-state index contributed by atoms with van der Waals surface area (Å²) in [5.74, 6) is 2.40. The Morgan fingerprint density at radius 2 is 1.65 bits per heavy atom. The van der Waals surface area contributed by atoms with Gasteiger partial charge in [-0.3, -0.25) is 0 Å². The summed E-state index contributed by atoms with van der Waals surface area (Å²) in [4.78, 5) is 0. The van der Waals surface area contributed by atoms with Crippen LogP contribution in [0.2, 0.25) is 0 Å². The van der Waals surface area contributed by atoms with Crippen molar-refractivity contribution in [2.75, 3.05) is 26.8 Å². The normalized spacial score (nSPS) is 13.6. The van der Waals surface area contributed by atoms with E-state index in [4.69, 9.17) is 4.74 Å². The van der Waals surface area contributed by atoms with Crippen LogP contribution < -0.4 is 5.32 Å². The standard InChI is InChI=1S/C15H33NO/c1-13(2)10-15(8-6-7-9-17-5)12-16-11-14(3)4/h13-16H,6-12H2,1-5H3. The van der Waals surface area contributed by atoms with Gasteiger partial charge in [-0.05, 0) is 50.1 Å². The molecule has 1 unspecified atom stereocenters. The summed E-state index contributed by atoms with van der Waals surface area (Å²) in [6.45, 7) is 12.4. The molecule has 0 aromatic carbocycles. The van der Waals surface area contributed by atoms with Gasteiger partial charge < -0.3 is 10.1 Å². The first-order valence-electron chi connectivity index (χ1n) is 7.25. The first kappa shape index (κ1) is 16.9. The Morgan fingerprint density at radius 3 is 2.18 bits per heavy atom. The van der Waals surface area contributed by atoms with Crippen molar-refractivity contribution in [1.82, 2.24) is 5.32 Å². The minimum atomic E-state index is 0.753. The lowest BCUT2D eigenvalue weighted by Crippen LogP contribution is -2.27. The predicted molar refractivity (Wildman–Crippen MR) is 76.4 cm³/mol. The lowest BCUT2D eigenvalue weighted by atomic mass is 9.92. The summed E-state index contributed by atoms with van der Waals surface area (Å²) in [5.41, 5.74) is 0. The minimum absolute atomic E-state index is 0.753. The Labute approximate surface area is 109 Å². The molecule has 2 nitrogen and oxygen atoms in total. The average Bonchev–Trinajstić information content (AvgIpc) is 2.22. The molecule has 0 aromatic heterocycles. The van der Waals surface area contributed by atoms with E-state index in [0.29, 0.717) is 0 Å². The third-order valence-electron chi connectivity index (χ3n) is 3.00. The minimum Gasteiger partial charge on any atom is -0.385 e. The van der Waals surface area contributed by atoms with Gasteiger partial charge in [0.05, 0.1) is 0 Å². The van der Waals surface area contributed by atoms with E-state index in [0.717, 1.165) is 30.9 Å². The van der Waals surface area contributed by atoms with Crippen LogP contribution in [0, 0.1) is 17.8 Å². The van der Waals surface area contributed by atoms with Crippen LogP contribution in [-0.2, 0) is 4.74 Å². The van der Waals surface area contributed by atoms with E-state index >= 15 is 0 Å². The number of ether oxygens (including phenoxy) is 1. The summed E-state index contributed by atoms with van der Waals surface area (Å²) in [6, 6.07) is 0. The summed E-state index contributed by atoms with van der Waals surface area (Å²) >= 11 is 0. The van der Waals surface area contributed by atoms with E-state index in [1.54, 1.807) is 7.11 Å². The molecule has 1 N–H and O–H groups in total. The Morgan fingerprint density at radius 1 is 0.941 bits per heavy atom. The van der Waals surface area contributed by atoms with Crippen molar-refractivity contribution in [2.24, 2.45) is 17.8 Å². The largest absolute Gasteiger partial charge is 0.385 e. The summed E-state index contributed by atoms with van der Waals surface area (Å²) in [7, 11) is 1.79. The molecule has 0 saturated carbocycles. The van der Waals surface area contributed by atoms with Crippen LogP contribution >= 0.6 is 0 Å². The molecule has 17 heavy (non-hydrogen) atoms. The Balaban J connectivity index is 3.71. The van der Waals surface area contributed by atoms with Crippen LogP contribution in [0.4, 0.5) is 0 Å². The van der Waals surface area contributed by atoms with Gasteiger partial charge in [0.15, 0.2) is 0 Å². The van der Waals surface area contributed by atoms with Gasteiger partial charge in [0, 0.05) is 13.7 Å². The van der Waals surface area contributed by atoms with Crippen LogP contribution in [0.25, 0.3) is 0 Å². The van der Waals surface area contributed by atoms with Gasteiger partial charge in [-0.25, -0.2) is 0 Å². The van der Waals surface area contributed by atoms with E-state index in [1.807, 2.05) is 0 Å². The van der Waals surface area contributed by atoms with Gasteiger partial charge in [0.25, 0.3) is 0 Å². The monoisotopic (exact) mass is 243 g/mol. The Bertz CT molecular complexity index is 157. The van der Waals surface area contributed by atoms with Crippen LogP contribution in [0.1, 0.15) is 53.4 Å². The molecule has 0 aliphatic heterocycles. The maximum atomic E-state index is 5.10. The second-order valence-electron chi connectivity index (χ2n) is 6.04. The van der Waals surface area contributed by atoms with E-state index in [2.05, 4.69) is 33.0 Å². The number of unbranched alkanes of at least 4 members (excludes halogenated alkanes) is 1. The van der Waals surface area contributed by atoms with Gasteiger partial charge in [0.1, 0.15) is 0 Å². The second-order valence-corrected chi connectivity index (χ2v) is 6.04. The fourth-order valence-corrected chi connectivity index (χ4v) is 2.23. The highest BCUT2D eigenvalue weighted by Gasteiger charge is 2.10. The van der Waals surface area contributed by atoms with E-state index in [-0.39, 0.29) is 0 Å². The average molecular weight is 243 g/mol. The molecule has 2 heteroatoms. The van der Waals surface area contributed by atoms with Crippen LogP contribution in [-0.4, -0.2) is 26.8 Å². The van der Waals surface area contributed by atoms with Gasteiger partial charge in [-0.1, -0.05) is 34.1 Å². The number of methoxy groups -OCH3 is 1. The molecular weight excluding hydrogens is 210 g/mol. The van der Waals surface area contributed by atoms with Crippen molar-refractivity contribution in [3.05, 3.63) is 0 Å². The number of rotatable bonds is 11. The number of hydrogen-bond acceptors (Lipinski definition) is 2. The molecule has 0 fully saturated rings. The molecule has 0 spiro atoms. The van der Waals surface area contributed by atoms with Crippen molar-refractivity contribution in [3.8, 4) is 0 Å². The van der Waals surface area contributed by atoms with E-state index in [1.165, 1.54) is 32.2 Å². The molecular formula is C15H33NO. The fraction of sp³-hybridized carbons (Fsp3) is 1.00. The number of nitrogens with one attached hydrogen (secondary N) is 1. The molecule has 1 atom stereocenters. The first-order valence-corrected chi connectivity index (χ1v) is 7.25. The molecule has 0 aromatic rings. The lowest BCUT2D eigenvalue weighted by Gasteiger charge is -2.20. The molecule has 0 heterocycles. The molecule has 104 valence electrons. The maximum absolute atomic E-state index is 5.10. The molecule has 0 aliphatic carbocycles. The highest BCUT2D eigenvalue weighted by Crippen LogP contribution is 2.17. The Kier molecular flexibility index (Phi) is 11.0. The smallest absolute Gasteiger partial charge is 0.0462 e. The quantitative estimate of drug-likeness (QED) is 0.559. The zero-order chi connectivity index (χ0) is 13.1. The van der Waals surface area contributed by atoms with Gasteiger partial charge in [-0.15, -0.1) is 0 Å². The SMILES string of the molecule is COCCCCC(CNCC(C)C)CC(C)C. The zero-order valence-corrected chi connectivity index (χ0v) is 12.6. The van der Waals surface area contributed by atoms with Crippen LogP contribution in [0.15, 0.2) is 0 Å². The first-order chi connectivity index (χ1) is 8.06. The van der Waals surface area contributed by atoms with Gasteiger partial charge in [0.2, 0.25) is 0 Å². The van der Waals surface area contributed by atoms with Gasteiger partial charge in [-0.2, -0.15) is 0 Å². The summed E-state index contributed by atoms with van der Waals surface area (Å²) in [5, 5.41) is 3.60. The van der Waals surface area contributed by atoms with Crippen molar-refractivity contribution in [2.45, 2.75) is 53.4 Å². The summed E-state index contributed by atoms with van der Waals surface area (Å²) < 4.78 is 5.10. The van der Waals surface area contributed by atoms with Crippen LogP contribution in [0.3, 0.4) is 0 Å². The molecule has 0 amide bonds. The lowest BCUT2D eigenvalue weighted by molar-refractivity contribution is 0.189.